The van der Waals surface area contributed by atoms with E-state index in [-0.39, 0.29) is 6.04 Å². The quantitative estimate of drug-likeness (QED) is 0.683. The van der Waals surface area contributed by atoms with Gasteiger partial charge in [0.05, 0.1) is 5.69 Å². The van der Waals surface area contributed by atoms with Crippen LogP contribution in [0.5, 0.6) is 0 Å². The summed E-state index contributed by atoms with van der Waals surface area (Å²) in [6, 6.07) is 5.44. The van der Waals surface area contributed by atoms with Gasteiger partial charge in [-0.1, -0.05) is 18.5 Å². The van der Waals surface area contributed by atoms with Crippen LogP contribution in [0.1, 0.15) is 20.3 Å². The molecule has 1 saturated heterocycles. The van der Waals surface area contributed by atoms with Gasteiger partial charge in [-0.05, 0) is 37.6 Å². The summed E-state index contributed by atoms with van der Waals surface area (Å²) in [6.07, 6.45) is 2.10. The Balaban J connectivity index is 2.29. The predicted molar refractivity (Wildman–Crippen MR) is 84.2 cm³/mol. The summed E-state index contributed by atoms with van der Waals surface area (Å²) >= 11 is 5.80. The van der Waals surface area contributed by atoms with Crippen molar-refractivity contribution in [3.05, 3.63) is 29.3 Å². The molecule has 2 rings (SSSR count). The average molecular weight is 322 g/mol. The van der Waals surface area contributed by atoms with Gasteiger partial charge in [-0.25, -0.2) is 9.69 Å². The van der Waals surface area contributed by atoms with Crippen LogP contribution in [-0.2, 0) is 9.59 Å². The second kappa shape index (κ2) is 6.70. The van der Waals surface area contributed by atoms with Crippen LogP contribution in [0, 0.1) is 5.92 Å². The van der Waals surface area contributed by atoms with Crippen LogP contribution in [0.3, 0.4) is 0 Å². The molecular formula is C15H16ClN3O3. The molecule has 6 nitrogen and oxygen atoms in total. The molecule has 1 aromatic rings. The fourth-order valence-corrected chi connectivity index (χ4v) is 2.02. The summed E-state index contributed by atoms with van der Waals surface area (Å²) in [6.45, 7) is 3.83. The van der Waals surface area contributed by atoms with Crippen molar-refractivity contribution in [1.82, 2.24) is 5.32 Å². The number of nitrogens with one attached hydrogen (secondary N) is 1. The number of rotatable bonds is 4. The number of imide groups is 2. The lowest BCUT2D eigenvalue weighted by molar-refractivity contribution is -0.131. The van der Waals surface area contributed by atoms with E-state index in [2.05, 4.69) is 10.3 Å². The van der Waals surface area contributed by atoms with Crippen molar-refractivity contribution in [2.24, 2.45) is 10.9 Å². The number of carbonyl (C=O) groups is 3. The van der Waals surface area contributed by atoms with Crippen molar-refractivity contribution in [3.8, 4) is 0 Å². The zero-order valence-corrected chi connectivity index (χ0v) is 13.0. The number of anilines is 1. The van der Waals surface area contributed by atoms with E-state index >= 15 is 0 Å². The van der Waals surface area contributed by atoms with E-state index in [0.717, 1.165) is 11.3 Å². The molecule has 2 atom stereocenters. The Morgan fingerprint density at radius 1 is 1.32 bits per heavy atom. The van der Waals surface area contributed by atoms with Crippen molar-refractivity contribution in [2.75, 3.05) is 4.90 Å². The lowest BCUT2D eigenvalue weighted by Crippen LogP contribution is -2.58. The van der Waals surface area contributed by atoms with Gasteiger partial charge in [0, 0.05) is 17.3 Å². The number of halogens is 1. The molecule has 0 aromatic heterocycles. The van der Waals surface area contributed by atoms with Gasteiger partial charge in [-0.3, -0.25) is 19.9 Å². The van der Waals surface area contributed by atoms with Crippen molar-refractivity contribution in [1.29, 1.82) is 0 Å². The maximum absolute atomic E-state index is 12.5. The molecule has 1 heterocycles. The van der Waals surface area contributed by atoms with E-state index in [1.165, 1.54) is 6.21 Å². The Bertz CT molecular complexity index is 627. The van der Waals surface area contributed by atoms with Crippen LogP contribution in [-0.4, -0.2) is 30.1 Å². The summed E-state index contributed by atoms with van der Waals surface area (Å²) in [5.74, 6) is -2.39. The number of benzene rings is 1. The van der Waals surface area contributed by atoms with Crippen LogP contribution >= 0.6 is 11.6 Å². The Hall–Kier alpha value is -2.21. The maximum atomic E-state index is 12.5. The molecule has 1 aliphatic heterocycles. The topological polar surface area (TPSA) is 78.8 Å². The van der Waals surface area contributed by atoms with Gasteiger partial charge in [0.25, 0.3) is 5.91 Å². The number of carbonyl (C=O) groups excluding carboxylic acids is 3. The molecule has 1 aliphatic rings. The third-order valence-electron chi connectivity index (χ3n) is 3.37. The minimum absolute atomic E-state index is 0.00205. The number of barbiturate groups is 1. The number of hydrogen-bond acceptors (Lipinski definition) is 4. The van der Waals surface area contributed by atoms with Crippen LogP contribution in [0.25, 0.3) is 0 Å². The second-order valence-electron chi connectivity index (χ2n) is 4.98. The average Bonchev–Trinajstić information content (AvgIpc) is 2.48. The fourth-order valence-electron chi connectivity index (χ4n) is 1.89. The van der Waals surface area contributed by atoms with Crippen LogP contribution in [0.2, 0.25) is 5.02 Å². The molecule has 1 aromatic carbocycles. The maximum Gasteiger partial charge on any atom is 0.335 e. The Morgan fingerprint density at radius 3 is 2.55 bits per heavy atom. The molecule has 4 amide bonds. The van der Waals surface area contributed by atoms with Gasteiger partial charge in [0.1, 0.15) is 0 Å². The summed E-state index contributed by atoms with van der Waals surface area (Å²) < 4.78 is 0. The molecule has 0 aliphatic carbocycles. The SMILES string of the molecule is CC[C@H](C)N=CC1C(=O)NC(=O)N(c2ccc(Cl)cc2)C1=O. The van der Waals surface area contributed by atoms with Gasteiger partial charge in [0.2, 0.25) is 5.91 Å². The molecular weight excluding hydrogens is 306 g/mol. The Morgan fingerprint density at radius 2 is 1.95 bits per heavy atom. The number of amides is 4. The normalized spacial score (nSPS) is 20.4. The molecule has 0 bridgehead atoms. The van der Waals surface area contributed by atoms with E-state index in [1.807, 2.05) is 13.8 Å². The van der Waals surface area contributed by atoms with Crippen molar-refractivity contribution in [2.45, 2.75) is 26.3 Å². The van der Waals surface area contributed by atoms with E-state index in [0.29, 0.717) is 10.7 Å². The molecule has 1 unspecified atom stereocenters. The predicted octanol–water partition coefficient (Wildman–Crippen LogP) is 2.41. The first kappa shape index (κ1) is 16.2. The number of hydrogen-bond donors (Lipinski definition) is 1. The summed E-state index contributed by atoms with van der Waals surface area (Å²) in [5.41, 5.74) is 0.348. The highest BCUT2D eigenvalue weighted by atomic mass is 35.5. The highest BCUT2D eigenvalue weighted by Gasteiger charge is 2.40. The molecule has 1 N–H and O–H groups in total. The molecule has 22 heavy (non-hydrogen) atoms. The molecule has 116 valence electrons. The van der Waals surface area contributed by atoms with Gasteiger partial charge in [0.15, 0.2) is 5.92 Å². The minimum atomic E-state index is -1.11. The van der Waals surface area contributed by atoms with E-state index in [9.17, 15) is 14.4 Å². The monoisotopic (exact) mass is 321 g/mol. The van der Waals surface area contributed by atoms with E-state index in [4.69, 9.17) is 11.6 Å². The molecule has 0 spiro atoms. The van der Waals surface area contributed by atoms with E-state index < -0.39 is 23.8 Å². The highest BCUT2D eigenvalue weighted by molar-refractivity contribution is 6.33. The van der Waals surface area contributed by atoms with Crippen LogP contribution < -0.4 is 10.2 Å². The highest BCUT2D eigenvalue weighted by Crippen LogP contribution is 2.22. The minimum Gasteiger partial charge on any atom is -0.293 e. The Kier molecular flexibility index (Phi) is 4.92. The van der Waals surface area contributed by atoms with Gasteiger partial charge in [-0.15, -0.1) is 0 Å². The Labute approximate surface area is 133 Å². The van der Waals surface area contributed by atoms with E-state index in [1.54, 1.807) is 24.3 Å². The lowest BCUT2D eigenvalue weighted by atomic mass is 10.1. The largest absolute Gasteiger partial charge is 0.335 e. The molecule has 0 saturated carbocycles. The summed E-state index contributed by atoms with van der Waals surface area (Å²) in [7, 11) is 0. The van der Waals surface area contributed by atoms with Crippen LogP contribution in [0.4, 0.5) is 10.5 Å². The van der Waals surface area contributed by atoms with Gasteiger partial charge < -0.3 is 0 Å². The number of aliphatic imine (C=N–C) groups is 1. The second-order valence-corrected chi connectivity index (χ2v) is 5.41. The summed E-state index contributed by atoms with van der Waals surface area (Å²) in [5, 5.41) is 2.65. The number of urea groups is 1. The fraction of sp³-hybridized carbons (Fsp3) is 0.333. The van der Waals surface area contributed by atoms with Crippen molar-refractivity contribution < 1.29 is 14.4 Å². The van der Waals surface area contributed by atoms with Crippen LogP contribution in [0.15, 0.2) is 29.3 Å². The van der Waals surface area contributed by atoms with Gasteiger partial charge >= 0.3 is 6.03 Å². The molecule has 7 heteroatoms. The first-order chi connectivity index (χ1) is 10.4. The first-order valence-corrected chi connectivity index (χ1v) is 7.29. The van der Waals surface area contributed by atoms with Gasteiger partial charge in [-0.2, -0.15) is 0 Å². The third kappa shape index (κ3) is 3.33. The first-order valence-electron chi connectivity index (χ1n) is 6.91. The third-order valence-corrected chi connectivity index (χ3v) is 3.62. The lowest BCUT2D eigenvalue weighted by Gasteiger charge is -2.28. The number of nitrogens with zero attached hydrogens (tertiary/aromatic N) is 2. The standard InChI is InChI=1S/C15H16ClN3O3/c1-3-9(2)17-8-12-13(20)18-15(22)19(14(12)21)11-6-4-10(16)5-7-11/h4-9,12H,3H2,1-2H3,(H,18,20,22)/t9-,12?/m0/s1. The van der Waals surface area contributed by atoms with Crippen molar-refractivity contribution in [3.63, 3.8) is 0 Å². The zero-order valence-electron chi connectivity index (χ0n) is 12.2. The summed E-state index contributed by atoms with van der Waals surface area (Å²) in [4.78, 5) is 41.3. The zero-order chi connectivity index (χ0) is 16.3. The molecule has 1 fully saturated rings. The van der Waals surface area contributed by atoms with Crippen molar-refractivity contribution >= 4 is 41.3 Å². The molecule has 0 radical (unpaired) electrons. The smallest absolute Gasteiger partial charge is 0.293 e.